The van der Waals surface area contributed by atoms with Crippen molar-refractivity contribution < 1.29 is 14.5 Å². The van der Waals surface area contributed by atoms with Crippen molar-refractivity contribution in [1.82, 2.24) is 4.90 Å². The highest BCUT2D eigenvalue weighted by Crippen LogP contribution is 2.11. The van der Waals surface area contributed by atoms with E-state index in [2.05, 4.69) is 0 Å². The molecule has 1 atom stereocenters. The van der Waals surface area contributed by atoms with Crippen LogP contribution < -0.4 is 0 Å². The van der Waals surface area contributed by atoms with Gasteiger partial charge in [0.05, 0.1) is 6.16 Å². The molecular weight excluding hydrogens is 201 g/mol. The van der Waals surface area contributed by atoms with Crippen molar-refractivity contribution in [2.24, 2.45) is 0 Å². The van der Waals surface area contributed by atoms with Crippen molar-refractivity contribution in [3.05, 3.63) is 11.6 Å². The van der Waals surface area contributed by atoms with E-state index >= 15 is 0 Å². The maximum atomic E-state index is 11.5. The molecule has 78 valence electrons. The number of rotatable bonds is 3. The monoisotopic (exact) mass is 215 g/mol. The van der Waals surface area contributed by atoms with Gasteiger partial charge in [0.2, 0.25) is 0 Å². The molecule has 1 aliphatic heterocycles. The molecule has 1 amide bonds. The van der Waals surface area contributed by atoms with Crippen LogP contribution in [0.25, 0.3) is 0 Å². The lowest BCUT2D eigenvalue weighted by Gasteiger charge is -2.26. The van der Waals surface area contributed by atoms with E-state index in [-0.39, 0.29) is 20.5 Å². The van der Waals surface area contributed by atoms with Crippen molar-refractivity contribution in [2.45, 2.75) is 19.4 Å². The van der Waals surface area contributed by atoms with Gasteiger partial charge in [0.25, 0.3) is 5.91 Å². The first kappa shape index (κ1) is 11.3. The number of hydrogen-bond donors (Lipinski definition) is 1. The third kappa shape index (κ3) is 2.89. The zero-order chi connectivity index (χ0) is 10.6. The summed E-state index contributed by atoms with van der Waals surface area (Å²) < 4.78 is 10.2. The number of aliphatic hydroxyl groups is 1. The molecule has 1 aliphatic rings. The molecule has 0 aromatic heterocycles. The Kier molecular flexibility index (Phi) is 4.23. The van der Waals surface area contributed by atoms with E-state index in [1.807, 2.05) is 13.0 Å². The molecule has 0 aromatic carbocycles. The fourth-order valence-electron chi connectivity index (χ4n) is 1.33. The highest BCUT2D eigenvalue weighted by Gasteiger charge is 2.22. The molecule has 1 N–H and O–H groups in total. The van der Waals surface area contributed by atoms with E-state index in [1.165, 1.54) is 5.57 Å². The SMILES string of the molecule is CC1=CCN(C(=O)C(O)CP=O)CC1. The molecule has 5 heteroatoms. The lowest BCUT2D eigenvalue weighted by atomic mass is 10.1. The predicted molar refractivity (Wildman–Crippen MR) is 53.4 cm³/mol. The largest absolute Gasteiger partial charge is 0.382 e. The highest BCUT2D eigenvalue weighted by molar-refractivity contribution is 7.23. The Morgan fingerprint density at radius 3 is 3.00 bits per heavy atom. The summed E-state index contributed by atoms with van der Waals surface area (Å²) in [5.41, 5.74) is 1.27. The fraction of sp³-hybridized carbons (Fsp3) is 0.667. The average Bonchev–Trinajstić information content (AvgIpc) is 2.18. The summed E-state index contributed by atoms with van der Waals surface area (Å²) in [6.07, 6.45) is 1.69. The van der Waals surface area contributed by atoms with Gasteiger partial charge in [-0.15, -0.1) is 0 Å². The zero-order valence-corrected chi connectivity index (χ0v) is 9.04. The molecule has 0 spiro atoms. The quantitative estimate of drug-likeness (QED) is 0.560. The molecule has 4 nitrogen and oxygen atoms in total. The van der Waals surface area contributed by atoms with Gasteiger partial charge in [-0.2, -0.15) is 0 Å². The lowest BCUT2D eigenvalue weighted by Crippen LogP contribution is -2.42. The van der Waals surface area contributed by atoms with Crippen molar-refractivity contribution in [1.29, 1.82) is 0 Å². The summed E-state index contributed by atoms with van der Waals surface area (Å²) in [6.45, 7) is 3.22. The van der Waals surface area contributed by atoms with Crippen LogP contribution in [0.15, 0.2) is 11.6 Å². The summed E-state index contributed by atoms with van der Waals surface area (Å²) in [5.74, 6) is -0.322. The van der Waals surface area contributed by atoms with Crippen LogP contribution in [0.5, 0.6) is 0 Å². The summed E-state index contributed by atoms with van der Waals surface area (Å²) >= 11 is 0. The summed E-state index contributed by atoms with van der Waals surface area (Å²) in [6, 6.07) is 0. The van der Waals surface area contributed by atoms with Crippen LogP contribution in [0.4, 0.5) is 0 Å². The number of carbonyl (C=O) groups is 1. The maximum Gasteiger partial charge on any atom is 0.252 e. The third-order valence-electron chi connectivity index (χ3n) is 2.28. The van der Waals surface area contributed by atoms with Crippen LogP contribution in [0, 0.1) is 0 Å². The Labute approximate surface area is 84.8 Å². The van der Waals surface area contributed by atoms with Gasteiger partial charge in [-0.3, -0.25) is 9.36 Å². The summed E-state index contributed by atoms with van der Waals surface area (Å²) in [7, 11) is -0.192. The Morgan fingerprint density at radius 2 is 2.50 bits per heavy atom. The number of carbonyl (C=O) groups excluding carboxylic acids is 1. The van der Waals surface area contributed by atoms with Crippen LogP contribution in [0.3, 0.4) is 0 Å². The predicted octanol–water partition coefficient (Wildman–Crippen LogP) is 0.818. The summed E-state index contributed by atoms with van der Waals surface area (Å²) in [5, 5.41) is 9.32. The van der Waals surface area contributed by atoms with E-state index in [0.717, 1.165) is 6.42 Å². The van der Waals surface area contributed by atoms with Crippen molar-refractivity contribution in [2.75, 3.05) is 19.3 Å². The fourth-order valence-corrected chi connectivity index (χ4v) is 1.63. The third-order valence-corrected chi connectivity index (χ3v) is 2.78. The van der Waals surface area contributed by atoms with Gasteiger partial charge >= 0.3 is 0 Å². The molecule has 1 rings (SSSR count). The van der Waals surface area contributed by atoms with Crippen molar-refractivity contribution in [3.63, 3.8) is 0 Å². The number of nitrogens with zero attached hydrogens (tertiary/aromatic N) is 1. The van der Waals surface area contributed by atoms with Gasteiger partial charge < -0.3 is 10.0 Å². The van der Waals surface area contributed by atoms with Crippen molar-refractivity contribution in [3.8, 4) is 0 Å². The van der Waals surface area contributed by atoms with Gasteiger partial charge in [0.1, 0.15) is 6.10 Å². The number of amides is 1. The normalized spacial score (nSPS) is 19.3. The zero-order valence-electron chi connectivity index (χ0n) is 8.14. The van der Waals surface area contributed by atoms with Crippen molar-refractivity contribution >= 4 is 14.4 Å². The van der Waals surface area contributed by atoms with Crippen LogP contribution in [0.1, 0.15) is 13.3 Å². The standard InChI is InChI=1S/C9H14NO3P/c1-7-2-4-10(5-3-7)9(12)8(11)6-14-13/h2,8,11H,3-6H2,1H3. The Morgan fingerprint density at radius 1 is 1.79 bits per heavy atom. The topological polar surface area (TPSA) is 57.6 Å². The van der Waals surface area contributed by atoms with Crippen LogP contribution in [-0.2, 0) is 9.36 Å². The molecule has 0 saturated carbocycles. The maximum absolute atomic E-state index is 11.5. The average molecular weight is 215 g/mol. The Balaban J connectivity index is 2.49. The highest BCUT2D eigenvalue weighted by atomic mass is 31.1. The molecular formula is C9H14NO3P. The van der Waals surface area contributed by atoms with Gasteiger partial charge in [-0.05, 0) is 13.3 Å². The molecule has 0 radical (unpaired) electrons. The number of aliphatic hydroxyl groups excluding tert-OH is 1. The molecule has 1 unspecified atom stereocenters. The minimum atomic E-state index is -1.12. The second-order valence-electron chi connectivity index (χ2n) is 3.41. The second kappa shape index (κ2) is 5.23. The van der Waals surface area contributed by atoms with E-state index in [4.69, 9.17) is 0 Å². The van der Waals surface area contributed by atoms with Gasteiger partial charge in [0.15, 0.2) is 8.46 Å². The molecule has 0 bridgehead atoms. The minimum absolute atomic E-state index is 0.0158. The van der Waals surface area contributed by atoms with Gasteiger partial charge in [-0.25, -0.2) is 0 Å². The first-order chi connectivity index (χ1) is 6.65. The molecule has 0 fully saturated rings. The molecule has 0 aliphatic carbocycles. The van der Waals surface area contributed by atoms with Crippen LogP contribution >= 0.6 is 8.46 Å². The molecule has 14 heavy (non-hydrogen) atoms. The number of hydrogen-bond acceptors (Lipinski definition) is 3. The second-order valence-corrected chi connectivity index (χ2v) is 4.04. The minimum Gasteiger partial charge on any atom is -0.382 e. The van der Waals surface area contributed by atoms with E-state index < -0.39 is 6.10 Å². The van der Waals surface area contributed by atoms with E-state index in [1.54, 1.807) is 4.90 Å². The Bertz CT molecular complexity index is 265. The Hall–Kier alpha value is -0.730. The van der Waals surface area contributed by atoms with E-state index in [0.29, 0.717) is 13.1 Å². The lowest BCUT2D eigenvalue weighted by molar-refractivity contribution is -0.138. The molecule has 0 saturated heterocycles. The van der Waals surface area contributed by atoms with Crippen LogP contribution in [-0.4, -0.2) is 41.3 Å². The smallest absolute Gasteiger partial charge is 0.252 e. The van der Waals surface area contributed by atoms with Crippen LogP contribution in [0.2, 0.25) is 0 Å². The van der Waals surface area contributed by atoms with Gasteiger partial charge in [0, 0.05) is 13.1 Å². The summed E-state index contributed by atoms with van der Waals surface area (Å²) in [4.78, 5) is 13.1. The first-order valence-electron chi connectivity index (χ1n) is 4.56. The van der Waals surface area contributed by atoms with E-state index in [9.17, 15) is 14.5 Å². The first-order valence-corrected chi connectivity index (χ1v) is 5.56. The molecule has 1 heterocycles. The molecule has 0 aromatic rings. The van der Waals surface area contributed by atoms with Gasteiger partial charge in [-0.1, -0.05) is 11.6 Å².